The van der Waals surface area contributed by atoms with E-state index in [1.54, 1.807) is 6.07 Å². The molecule has 0 amide bonds. The van der Waals surface area contributed by atoms with Crippen molar-refractivity contribution in [1.82, 2.24) is 4.90 Å². The molecule has 6 heteroatoms. The Morgan fingerprint density at radius 2 is 2.00 bits per heavy atom. The van der Waals surface area contributed by atoms with Crippen molar-refractivity contribution in [3.8, 4) is 0 Å². The van der Waals surface area contributed by atoms with Gasteiger partial charge in [-0.3, -0.25) is 4.90 Å². The number of rotatable bonds is 5. The Kier molecular flexibility index (Phi) is 5.52. The molecule has 0 heterocycles. The van der Waals surface area contributed by atoms with Gasteiger partial charge in [0.2, 0.25) is 0 Å². The smallest absolute Gasteiger partial charge is 0.153 e. The molecule has 0 saturated heterocycles. The van der Waals surface area contributed by atoms with Crippen LogP contribution in [0.1, 0.15) is 31.2 Å². The average molecular weight is 316 g/mol. The van der Waals surface area contributed by atoms with Crippen LogP contribution in [0, 0.1) is 0 Å². The number of amidine groups is 1. The van der Waals surface area contributed by atoms with Gasteiger partial charge in [-0.05, 0) is 30.5 Å². The van der Waals surface area contributed by atoms with Gasteiger partial charge in [0.15, 0.2) is 5.84 Å². The minimum absolute atomic E-state index is 0.233. The summed E-state index contributed by atoms with van der Waals surface area (Å²) in [6, 6.07) is 6.11. The third-order valence-electron chi connectivity index (χ3n) is 3.70. The van der Waals surface area contributed by atoms with Crippen LogP contribution in [-0.4, -0.2) is 28.5 Å². The van der Waals surface area contributed by atoms with Crippen LogP contribution in [0.3, 0.4) is 0 Å². The van der Waals surface area contributed by atoms with Gasteiger partial charge in [-0.25, -0.2) is 0 Å². The Hall–Kier alpha value is -0.970. The maximum atomic E-state index is 8.77. The van der Waals surface area contributed by atoms with Crippen molar-refractivity contribution in [3.63, 3.8) is 0 Å². The van der Waals surface area contributed by atoms with Crippen LogP contribution in [0.4, 0.5) is 0 Å². The van der Waals surface area contributed by atoms with Crippen LogP contribution in [0.15, 0.2) is 23.4 Å². The predicted molar refractivity (Wildman–Crippen MR) is 82.5 cm³/mol. The van der Waals surface area contributed by atoms with E-state index in [4.69, 9.17) is 34.1 Å². The Bertz CT molecular complexity index is 487. The van der Waals surface area contributed by atoms with Crippen molar-refractivity contribution in [3.05, 3.63) is 33.8 Å². The topological polar surface area (TPSA) is 61.8 Å². The lowest BCUT2D eigenvalue weighted by Gasteiger charge is -2.28. The first-order valence-electron chi connectivity index (χ1n) is 6.74. The first kappa shape index (κ1) is 15.4. The predicted octanol–water partition coefficient (Wildman–Crippen LogP) is 3.48. The van der Waals surface area contributed by atoms with Crippen LogP contribution >= 0.6 is 23.2 Å². The molecule has 0 atom stereocenters. The van der Waals surface area contributed by atoms with E-state index < -0.39 is 0 Å². The average Bonchev–Trinajstić information content (AvgIpc) is 2.96. The van der Waals surface area contributed by atoms with E-state index >= 15 is 0 Å². The Labute approximate surface area is 129 Å². The molecule has 0 aliphatic heterocycles. The van der Waals surface area contributed by atoms with Gasteiger partial charge in [-0.1, -0.05) is 47.3 Å². The molecular weight excluding hydrogens is 297 g/mol. The molecular formula is C14H19Cl2N3O. The van der Waals surface area contributed by atoms with E-state index in [0.29, 0.717) is 22.6 Å². The Morgan fingerprint density at radius 3 is 2.60 bits per heavy atom. The van der Waals surface area contributed by atoms with Crippen LogP contribution < -0.4 is 5.73 Å². The fourth-order valence-corrected chi connectivity index (χ4v) is 3.02. The van der Waals surface area contributed by atoms with Gasteiger partial charge < -0.3 is 10.9 Å². The summed E-state index contributed by atoms with van der Waals surface area (Å²) in [7, 11) is 0. The zero-order chi connectivity index (χ0) is 14.5. The maximum Gasteiger partial charge on any atom is 0.153 e. The summed E-state index contributed by atoms with van der Waals surface area (Å²) >= 11 is 12.0. The standard InChI is InChI=1S/C14H19Cl2N3O/c15-12-6-5-10(7-13(12)16)8-19(9-14(17)18-20)11-3-1-2-4-11/h5-7,11,20H,1-4,8-9H2,(H2,17,18). The van der Waals surface area contributed by atoms with Crippen molar-refractivity contribution < 1.29 is 5.21 Å². The fraction of sp³-hybridized carbons (Fsp3) is 0.500. The van der Waals surface area contributed by atoms with E-state index in [0.717, 1.165) is 24.9 Å². The van der Waals surface area contributed by atoms with Crippen LogP contribution in [0.2, 0.25) is 10.0 Å². The van der Waals surface area contributed by atoms with E-state index in [2.05, 4.69) is 10.1 Å². The molecule has 1 fully saturated rings. The molecule has 0 aromatic heterocycles. The highest BCUT2D eigenvalue weighted by Crippen LogP contribution is 2.27. The molecule has 1 aromatic carbocycles. The van der Waals surface area contributed by atoms with Gasteiger partial charge in [-0.2, -0.15) is 0 Å². The summed E-state index contributed by atoms with van der Waals surface area (Å²) in [5, 5.41) is 13.0. The van der Waals surface area contributed by atoms with Crippen molar-refractivity contribution in [2.75, 3.05) is 6.54 Å². The molecule has 1 aliphatic carbocycles. The van der Waals surface area contributed by atoms with Gasteiger partial charge in [0, 0.05) is 12.6 Å². The molecule has 0 radical (unpaired) electrons. The molecule has 3 N–H and O–H groups in total. The second-order valence-electron chi connectivity index (χ2n) is 5.18. The quantitative estimate of drug-likeness (QED) is 0.378. The third-order valence-corrected chi connectivity index (χ3v) is 4.44. The summed E-state index contributed by atoms with van der Waals surface area (Å²) < 4.78 is 0. The Balaban J connectivity index is 2.11. The second kappa shape index (κ2) is 7.16. The number of oxime groups is 1. The molecule has 2 rings (SSSR count). The highest BCUT2D eigenvalue weighted by atomic mass is 35.5. The van der Waals surface area contributed by atoms with Crippen LogP contribution in [0.5, 0.6) is 0 Å². The zero-order valence-corrected chi connectivity index (χ0v) is 12.7. The van der Waals surface area contributed by atoms with Crippen molar-refractivity contribution >= 4 is 29.0 Å². The van der Waals surface area contributed by atoms with Crippen LogP contribution in [0.25, 0.3) is 0 Å². The second-order valence-corrected chi connectivity index (χ2v) is 6.00. The molecule has 0 unspecified atom stereocenters. The van der Waals surface area contributed by atoms with E-state index in [9.17, 15) is 0 Å². The number of halogens is 2. The molecule has 0 bridgehead atoms. The van der Waals surface area contributed by atoms with Crippen molar-refractivity contribution in [1.29, 1.82) is 0 Å². The van der Waals surface area contributed by atoms with Crippen molar-refractivity contribution in [2.24, 2.45) is 10.9 Å². The van der Waals surface area contributed by atoms with E-state index in [1.165, 1.54) is 12.8 Å². The SMILES string of the molecule is NC(CN(Cc1ccc(Cl)c(Cl)c1)C1CCCC1)=NO. The van der Waals surface area contributed by atoms with E-state index in [1.807, 2.05) is 12.1 Å². The van der Waals surface area contributed by atoms with Gasteiger partial charge in [-0.15, -0.1) is 0 Å². The van der Waals surface area contributed by atoms with Gasteiger partial charge in [0.1, 0.15) is 0 Å². The molecule has 0 spiro atoms. The zero-order valence-electron chi connectivity index (χ0n) is 11.2. The van der Waals surface area contributed by atoms with E-state index in [-0.39, 0.29) is 5.84 Å². The Morgan fingerprint density at radius 1 is 1.30 bits per heavy atom. The minimum Gasteiger partial charge on any atom is -0.409 e. The largest absolute Gasteiger partial charge is 0.409 e. The summed E-state index contributed by atoms with van der Waals surface area (Å²) in [5.41, 5.74) is 6.74. The molecule has 1 aromatic rings. The summed E-state index contributed by atoms with van der Waals surface area (Å²) in [6.07, 6.45) is 4.78. The number of nitrogens with two attached hydrogens (primary N) is 1. The molecule has 1 aliphatic rings. The first-order valence-corrected chi connectivity index (χ1v) is 7.50. The lowest BCUT2D eigenvalue weighted by atomic mass is 10.1. The lowest BCUT2D eigenvalue weighted by Crippen LogP contribution is -2.39. The highest BCUT2D eigenvalue weighted by molar-refractivity contribution is 6.42. The van der Waals surface area contributed by atoms with Gasteiger partial charge in [0.25, 0.3) is 0 Å². The van der Waals surface area contributed by atoms with Gasteiger partial charge >= 0.3 is 0 Å². The number of nitrogens with zero attached hydrogens (tertiary/aromatic N) is 2. The van der Waals surface area contributed by atoms with Crippen LogP contribution in [-0.2, 0) is 6.54 Å². The molecule has 110 valence electrons. The highest BCUT2D eigenvalue weighted by Gasteiger charge is 2.23. The summed E-state index contributed by atoms with van der Waals surface area (Å²) in [5.74, 6) is 0.233. The molecule has 1 saturated carbocycles. The van der Waals surface area contributed by atoms with Crippen molar-refractivity contribution in [2.45, 2.75) is 38.3 Å². The summed E-state index contributed by atoms with van der Waals surface area (Å²) in [6.45, 7) is 1.18. The molecule has 4 nitrogen and oxygen atoms in total. The fourth-order valence-electron chi connectivity index (χ4n) is 2.70. The minimum atomic E-state index is 0.233. The number of benzene rings is 1. The summed E-state index contributed by atoms with van der Waals surface area (Å²) in [4.78, 5) is 2.24. The first-order chi connectivity index (χ1) is 9.60. The molecule has 20 heavy (non-hydrogen) atoms. The van der Waals surface area contributed by atoms with Gasteiger partial charge in [0.05, 0.1) is 16.6 Å². The lowest BCUT2D eigenvalue weighted by molar-refractivity contribution is 0.214. The maximum absolute atomic E-state index is 8.77. The normalized spacial score (nSPS) is 17.1. The third kappa shape index (κ3) is 4.01. The number of hydrogen-bond donors (Lipinski definition) is 2. The number of hydrogen-bond acceptors (Lipinski definition) is 3. The monoisotopic (exact) mass is 315 g/mol.